The smallest absolute Gasteiger partial charge is 0.287 e. The predicted octanol–water partition coefficient (Wildman–Crippen LogP) is 1.79. The monoisotopic (exact) mass is 296 g/mol. The van der Waals surface area contributed by atoms with Crippen LogP contribution in [0.4, 0.5) is 5.69 Å². The molecule has 1 aromatic heterocycles. The Hall–Kier alpha value is -1.33. The summed E-state index contributed by atoms with van der Waals surface area (Å²) >= 11 is 6.25. The third-order valence-electron chi connectivity index (χ3n) is 3.73. The molecule has 5 nitrogen and oxygen atoms in total. The lowest BCUT2D eigenvalue weighted by Crippen LogP contribution is -2.50. The van der Waals surface area contributed by atoms with Gasteiger partial charge in [-0.05, 0) is 26.2 Å². The number of allylic oxidation sites excluding steroid dienone is 1. The highest BCUT2D eigenvalue weighted by Gasteiger charge is 2.28. The lowest BCUT2D eigenvalue weighted by Gasteiger charge is -2.39. The Labute approximate surface area is 124 Å². The summed E-state index contributed by atoms with van der Waals surface area (Å²) in [6, 6.07) is 0.236. The van der Waals surface area contributed by atoms with Crippen LogP contribution in [0.5, 0.6) is 0 Å². The van der Waals surface area contributed by atoms with E-state index in [1.54, 1.807) is 12.3 Å². The van der Waals surface area contributed by atoms with Gasteiger partial charge < -0.3 is 10.6 Å². The van der Waals surface area contributed by atoms with Gasteiger partial charge in [0, 0.05) is 18.6 Å². The van der Waals surface area contributed by atoms with Crippen molar-refractivity contribution >= 4 is 17.3 Å². The second-order valence-electron chi connectivity index (χ2n) is 5.24. The number of aromatic nitrogens is 2. The molecule has 1 fully saturated rings. The maximum atomic E-state index is 12.2. The Morgan fingerprint density at radius 3 is 3.05 bits per heavy atom. The van der Waals surface area contributed by atoms with Gasteiger partial charge in [0.15, 0.2) is 0 Å². The van der Waals surface area contributed by atoms with Crippen LogP contribution in [0.2, 0.25) is 5.02 Å². The minimum Gasteiger partial charge on any atom is -0.364 e. The van der Waals surface area contributed by atoms with E-state index >= 15 is 0 Å². The van der Waals surface area contributed by atoms with E-state index in [9.17, 15) is 4.79 Å². The molecule has 0 aliphatic carbocycles. The lowest BCUT2D eigenvalue weighted by atomic mass is 9.96. The Balaban J connectivity index is 2.38. The summed E-state index contributed by atoms with van der Waals surface area (Å²) in [6.45, 7) is 6.81. The van der Waals surface area contributed by atoms with E-state index in [4.69, 9.17) is 17.3 Å². The average Bonchev–Trinajstić information content (AvgIpc) is 2.44. The average molecular weight is 297 g/mol. The summed E-state index contributed by atoms with van der Waals surface area (Å²) in [5.41, 5.74) is 6.47. The number of piperidine rings is 1. The molecule has 2 rings (SSSR count). The number of hydrogen-bond acceptors (Lipinski definition) is 4. The SMILES string of the molecule is C=CCn1ncc(N2CCCCC2C(C)N)c(Cl)c1=O. The number of nitrogens with zero attached hydrogens (tertiary/aromatic N) is 3. The van der Waals surface area contributed by atoms with Crippen LogP contribution in [-0.4, -0.2) is 28.4 Å². The van der Waals surface area contributed by atoms with Crippen LogP contribution in [0.15, 0.2) is 23.6 Å². The van der Waals surface area contributed by atoms with E-state index in [1.807, 2.05) is 6.92 Å². The topological polar surface area (TPSA) is 64.2 Å². The van der Waals surface area contributed by atoms with Gasteiger partial charge in [-0.2, -0.15) is 5.10 Å². The van der Waals surface area contributed by atoms with Crippen molar-refractivity contribution in [1.29, 1.82) is 0 Å². The first-order valence-corrected chi connectivity index (χ1v) is 7.32. The van der Waals surface area contributed by atoms with Crippen LogP contribution in [-0.2, 0) is 6.54 Å². The fourth-order valence-corrected chi connectivity index (χ4v) is 2.97. The summed E-state index contributed by atoms with van der Waals surface area (Å²) in [6.07, 6.45) is 6.53. The fraction of sp³-hybridized carbons (Fsp3) is 0.571. The number of nitrogens with two attached hydrogens (primary N) is 1. The fourth-order valence-electron chi connectivity index (χ4n) is 2.71. The van der Waals surface area contributed by atoms with Crippen LogP contribution < -0.4 is 16.2 Å². The van der Waals surface area contributed by atoms with Crippen molar-refractivity contribution in [3.8, 4) is 0 Å². The van der Waals surface area contributed by atoms with Gasteiger partial charge in [-0.3, -0.25) is 4.79 Å². The van der Waals surface area contributed by atoms with Crippen LogP contribution in [0.3, 0.4) is 0 Å². The zero-order valence-corrected chi connectivity index (χ0v) is 12.5. The quantitative estimate of drug-likeness (QED) is 0.861. The van der Waals surface area contributed by atoms with E-state index in [-0.39, 0.29) is 22.7 Å². The molecule has 0 amide bonds. The van der Waals surface area contributed by atoms with Crippen molar-refractivity contribution < 1.29 is 0 Å². The highest BCUT2D eigenvalue weighted by Crippen LogP contribution is 2.29. The largest absolute Gasteiger partial charge is 0.364 e. The molecular formula is C14H21ClN4O. The standard InChI is InChI=1S/C14H21ClN4O/c1-3-7-19-14(20)13(15)12(9-17-19)18-8-5-4-6-11(18)10(2)16/h3,9-11H,1,4-8,16H2,2H3. The third kappa shape index (κ3) is 2.88. The highest BCUT2D eigenvalue weighted by atomic mass is 35.5. The molecule has 2 heterocycles. The van der Waals surface area contributed by atoms with Crippen LogP contribution in [0.1, 0.15) is 26.2 Å². The molecule has 1 aromatic rings. The third-order valence-corrected chi connectivity index (χ3v) is 4.09. The molecule has 1 aliphatic rings. The summed E-state index contributed by atoms with van der Waals surface area (Å²) < 4.78 is 1.31. The Morgan fingerprint density at radius 1 is 1.65 bits per heavy atom. The van der Waals surface area contributed by atoms with Crippen molar-refractivity contribution in [2.24, 2.45) is 5.73 Å². The zero-order chi connectivity index (χ0) is 14.7. The normalized spacial score (nSPS) is 20.8. The lowest BCUT2D eigenvalue weighted by molar-refractivity contribution is 0.412. The van der Waals surface area contributed by atoms with Crippen molar-refractivity contribution in [1.82, 2.24) is 9.78 Å². The number of rotatable bonds is 4. The summed E-state index contributed by atoms with van der Waals surface area (Å²) in [7, 11) is 0. The minimum absolute atomic E-state index is 0.0296. The molecule has 1 saturated heterocycles. The van der Waals surface area contributed by atoms with Gasteiger partial charge >= 0.3 is 0 Å². The molecule has 0 spiro atoms. The molecule has 0 aromatic carbocycles. The van der Waals surface area contributed by atoms with Gasteiger partial charge in [0.2, 0.25) is 0 Å². The van der Waals surface area contributed by atoms with E-state index in [0.717, 1.165) is 25.8 Å². The zero-order valence-electron chi connectivity index (χ0n) is 11.8. The predicted molar refractivity (Wildman–Crippen MR) is 82.3 cm³/mol. The molecule has 0 saturated carbocycles. The van der Waals surface area contributed by atoms with Crippen LogP contribution in [0.25, 0.3) is 0 Å². The molecule has 0 bridgehead atoms. The van der Waals surface area contributed by atoms with Gasteiger partial charge in [0.1, 0.15) is 5.02 Å². The highest BCUT2D eigenvalue weighted by molar-refractivity contribution is 6.33. The van der Waals surface area contributed by atoms with E-state index in [1.165, 1.54) is 4.68 Å². The van der Waals surface area contributed by atoms with Gasteiger partial charge in [-0.15, -0.1) is 6.58 Å². The molecule has 20 heavy (non-hydrogen) atoms. The van der Waals surface area contributed by atoms with Crippen LogP contribution >= 0.6 is 11.6 Å². The number of anilines is 1. The molecular weight excluding hydrogens is 276 g/mol. The molecule has 6 heteroatoms. The van der Waals surface area contributed by atoms with Crippen molar-refractivity contribution in [2.45, 2.75) is 44.8 Å². The molecule has 2 unspecified atom stereocenters. The molecule has 0 radical (unpaired) electrons. The second-order valence-corrected chi connectivity index (χ2v) is 5.61. The van der Waals surface area contributed by atoms with Crippen molar-refractivity contribution in [3.63, 3.8) is 0 Å². The molecule has 110 valence electrons. The summed E-state index contributed by atoms with van der Waals surface area (Å²) in [5.74, 6) is 0. The maximum absolute atomic E-state index is 12.2. The van der Waals surface area contributed by atoms with E-state index in [2.05, 4.69) is 16.6 Å². The van der Waals surface area contributed by atoms with Gasteiger partial charge in [-0.25, -0.2) is 4.68 Å². The van der Waals surface area contributed by atoms with E-state index in [0.29, 0.717) is 12.2 Å². The maximum Gasteiger partial charge on any atom is 0.287 e. The Bertz CT molecular complexity index is 540. The van der Waals surface area contributed by atoms with Crippen molar-refractivity contribution in [2.75, 3.05) is 11.4 Å². The van der Waals surface area contributed by atoms with Crippen molar-refractivity contribution in [3.05, 3.63) is 34.2 Å². The molecule has 1 aliphatic heterocycles. The molecule has 2 atom stereocenters. The summed E-state index contributed by atoms with van der Waals surface area (Å²) in [4.78, 5) is 14.3. The van der Waals surface area contributed by atoms with Gasteiger partial charge in [0.25, 0.3) is 5.56 Å². The number of halogens is 1. The molecule has 2 N–H and O–H groups in total. The first-order chi connectivity index (χ1) is 9.56. The van der Waals surface area contributed by atoms with Gasteiger partial charge in [-0.1, -0.05) is 17.7 Å². The first-order valence-electron chi connectivity index (χ1n) is 6.95. The Morgan fingerprint density at radius 2 is 2.40 bits per heavy atom. The second kappa shape index (κ2) is 6.41. The number of hydrogen-bond donors (Lipinski definition) is 1. The van der Waals surface area contributed by atoms with E-state index < -0.39 is 0 Å². The van der Waals surface area contributed by atoms with Gasteiger partial charge in [0.05, 0.1) is 18.4 Å². The summed E-state index contributed by atoms with van der Waals surface area (Å²) in [5, 5.41) is 4.38. The Kier molecular flexibility index (Phi) is 4.83. The van der Waals surface area contributed by atoms with Crippen LogP contribution in [0, 0.1) is 0 Å². The minimum atomic E-state index is -0.280. The first kappa shape index (κ1) is 15.1.